The number of H-pyrrole nitrogens is 1. The van der Waals surface area contributed by atoms with E-state index in [4.69, 9.17) is 12.2 Å². The van der Waals surface area contributed by atoms with Gasteiger partial charge in [0.2, 0.25) is 0 Å². The van der Waals surface area contributed by atoms with Crippen LogP contribution in [0.3, 0.4) is 0 Å². The average molecular weight is 184 g/mol. The summed E-state index contributed by atoms with van der Waals surface area (Å²) < 4.78 is 4.85. The summed E-state index contributed by atoms with van der Waals surface area (Å²) in [6.07, 6.45) is 1.40. The van der Waals surface area contributed by atoms with Gasteiger partial charge in [-0.3, -0.25) is 0 Å². The molecule has 4 nitrogen and oxygen atoms in total. The van der Waals surface area contributed by atoms with Gasteiger partial charge in [0.15, 0.2) is 0 Å². The fourth-order valence-electron chi connectivity index (χ4n) is 0.739. The number of rotatable bonds is 1. The molecule has 1 N–H and O–H groups in total. The maximum Gasteiger partial charge on any atom is 0.342 e. The van der Waals surface area contributed by atoms with Crippen LogP contribution in [0.1, 0.15) is 16.2 Å². The third-order valence-electron chi connectivity index (χ3n) is 1.33. The van der Waals surface area contributed by atoms with Crippen molar-refractivity contribution in [3.8, 4) is 0 Å². The minimum absolute atomic E-state index is 0.290. The molecule has 0 bridgehead atoms. The summed E-state index contributed by atoms with van der Waals surface area (Å²) in [5.74, 6) is 0.205. The number of esters is 1. The Kier molecular flexibility index (Phi) is 2.54. The molecule has 0 amide bonds. The van der Waals surface area contributed by atoms with E-state index in [1.54, 1.807) is 6.92 Å². The van der Waals surface area contributed by atoms with E-state index in [1.165, 1.54) is 13.3 Å². The lowest BCUT2D eigenvalue weighted by Gasteiger charge is -1.98. The largest absolute Gasteiger partial charge is 0.465 e. The average Bonchev–Trinajstić information content (AvgIpc) is 2.03. The van der Waals surface area contributed by atoms with E-state index in [2.05, 4.69) is 14.7 Å². The minimum Gasteiger partial charge on any atom is -0.465 e. The van der Waals surface area contributed by atoms with Gasteiger partial charge in [0.25, 0.3) is 0 Å². The van der Waals surface area contributed by atoms with Crippen LogP contribution in [0, 0.1) is 11.6 Å². The second-order valence-corrected chi connectivity index (χ2v) is 2.61. The van der Waals surface area contributed by atoms with Gasteiger partial charge < -0.3 is 9.72 Å². The summed E-state index contributed by atoms with van der Waals surface area (Å²) >= 11 is 4.89. The van der Waals surface area contributed by atoms with Gasteiger partial charge in [0.1, 0.15) is 16.0 Å². The summed E-state index contributed by atoms with van der Waals surface area (Å²) in [7, 11) is 1.30. The molecule has 0 aromatic carbocycles. The molecular weight excluding hydrogens is 176 g/mol. The summed E-state index contributed by atoms with van der Waals surface area (Å²) in [4.78, 5) is 17.6. The Morgan fingerprint density at radius 2 is 2.42 bits per heavy atom. The lowest BCUT2D eigenvalue weighted by Crippen LogP contribution is -2.04. The molecule has 0 spiro atoms. The maximum atomic E-state index is 11.0. The fraction of sp³-hybridized carbons (Fsp3) is 0.286. The number of aryl methyl sites for hydroxylation is 1. The third kappa shape index (κ3) is 1.68. The Balaban J connectivity index is 3.19. The number of ether oxygens (including phenoxy) is 1. The molecule has 0 fully saturated rings. The number of carbonyl (C=O) groups excluding carboxylic acids is 1. The lowest BCUT2D eigenvalue weighted by molar-refractivity contribution is 0.0599. The zero-order chi connectivity index (χ0) is 9.14. The number of hydrogen-bond acceptors (Lipinski definition) is 4. The number of methoxy groups -OCH3 is 1. The van der Waals surface area contributed by atoms with Gasteiger partial charge in [-0.15, -0.1) is 0 Å². The molecule has 0 saturated carbocycles. The molecule has 1 heterocycles. The number of carbonyl (C=O) groups is 1. The van der Waals surface area contributed by atoms with E-state index in [0.29, 0.717) is 10.5 Å². The van der Waals surface area contributed by atoms with Crippen molar-refractivity contribution in [2.24, 2.45) is 0 Å². The maximum absolute atomic E-state index is 11.0. The zero-order valence-electron chi connectivity index (χ0n) is 6.75. The van der Waals surface area contributed by atoms with Gasteiger partial charge in [0, 0.05) is 6.20 Å². The van der Waals surface area contributed by atoms with Crippen molar-refractivity contribution in [3.05, 3.63) is 22.2 Å². The highest BCUT2D eigenvalue weighted by atomic mass is 32.1. The SMILES string of the molecule is COC(=O)c1cnc(C)[nH]c1=S. The third-order valence-corrected chi connectivity index (χ3v) is 1.65. The highest BCUT2D eigenvalue weighted by Crippen LogP contribution is 2.00. The van der Waals surface area contributed by atoms with Gasteiger partial charge in [-0.05, 0) is 6.92 Å². The first-order valence-corrected chi connectivity index (χ1v) is 3.70. The van der Waals surface area contributed by atoms with Crippen LogP contribution in [0.15, 0.2) is 6.20 Å². The van der Waals surface area contributed by atoms with Crippen LogP contribution >= 0.6 is 12.2 Å². The Labute approximate surface area is 74.6 Å². The molecule has 12 heavy (non-hydrogen) atoms. The van der Waals surface area contributed by atoms with E-state index < -0.39 is 5.97 Å². The molecule has 1 aromatic heterocycles. The molecule has 0 aliphatic heterocycles. The molecule has 0 unspecified atom stereocenters. The monoisotopic (exact) mass is 184 g/mol. The Morgan fingerprint density at radius 1 is 1.75 bits per heavy atom. The highest BCUT2D eigenvalue weighted by molar-refractivity contribution is 7.71. The van der Waals surface area contributed by atoms with E-state index in [1.807, 2.05) is 0 Å². The van der Waals surface area contributed by atoms with Gasteiger partial charge >= 0.3 is 5.97 Å². The van der Waals surface area contributed by atoms with Crippen LogP contribution in [0.2, 0.25) is 0 Å². The summed E-state index contributed by atoms with van der Waals surface area (Å²) in [5.41, 5.74) is 0.290. The Morgan fingerprint density at radius 3 is 2.92 bits per heavy atom. The molecule has 0 aliphatic rings. The van der Waals surface area contributed by atoms with Gasteiger partial charge in [-0.2, -0.15) is 0 Å². The Hall–Kier alpha value is -1.23. The van der Waals surface area contributed by atoms with E-state index in [9.17, 15) is 4.79 Å². The van der Waals surface area contributed by atoms with Crippen molar-refractivity contribution in [1.82, 2.24) is 9.97 Å². The van der Waals surface area contributed by atoms with Crippen LogP contribution in [-0.2, 0) is 4.74 Å². The molecule has 0 atom stereocenters. The smallest absolute Gasteiger partial charge is 0.342 e. The van der Waals surface area contributed by atoms with Crippen LogP contribution in [0.25, 0.3) is 0 Å². The molecule has 1 aromatic rings. The van der Waals surface area contributed by atoms with Crippen LogP contribution in [-0.4, -0.2) is 23.0 Å². The number of nitrogens with one attached hydrogen (secondary N) is 1. The quantitative estimate of drug-likeness (QED) is 0.527. The normalized spacial score (nSPS) is 9.50. The van der Waals surface area contributed by atoms with Crippen LogP contribution in [0.5, 0.6) is 0 Å². The predicted octanol–water partition coefficient (Wildman–Crippen LogP) is 1.23. The molecule has 0 aliphatic carbocycles. The topological polar surface area (TPSA) is 55.0 Å². The number of nitrogens with zero attached hydrogens (tertiary/aromatic N) is 1. The first-order valence-electron chi connectivity index (χ1n) is 3.29. The molecular formula is C7H8N2O2S. The van der Waals surface area contributed by atoms with Crippen molar-refractivity contribution >= 4 is 18.2 Å². The number of hydrogen-bond donors (Lipinski definition) is 1. The minimum atomic E-state index is -0.469. The molecule has 5 heteroatoms. The zero-order valence-corrected chi connectivity index (χ0v) is 7.57. The first-order chi connectivity index (χ1) is 5.65. The van der Waals surface area contributed by atoms with E-state index in [-0.39, 0.29) is 5.56 Å². The van der Waals surface area contributed by atoms with Crippen molar-refractivity contribution in [1.29, 1.82) is 0 Å². The number of aromatic amines is 1. The van der Waals surface area contributed by atoms with Crippen LogP contribution < -0.4 is 0 Å². The second-order valence-electron chi connectivity index (χ2n) is 2.20. The van der Waals surface area contributed by atoms with Crippen molar-refractivity contribution in [2.45, 2.75) is 6.92 Å². The Bertz CT molecular complexity index is 359. The van der Waals surface area contributed by atoms with Crippen molar-refractivity contribution < 1.29 is 9.53 Å². The lowest BCUT2D eigenvalue weighted by atomic mass is 10.3. The molecule has 0 radical (unpaired) electrons. The molecule has 0 saturated heterocycles. The van der Waals surface area contributed by atoms with Gasteiger partial charge in [-0.25, -0.2) is 9.78 Å². The summed E-state index contributed by atoms with van der Waals surface area (Å²) in [6, 6.07) is 0. The summed E-state index contributed by atoms with van der Waals surface area (Å²) in [5, 5.41) is 0. The predicted molar refractivity (Wildman–Crippen MR) is 45.5 cm³/mol. The van der Waals surface area contributed by atoms with Crippen molar-refractivity contribution in [3.63, 3.8) is 0 Å². The summed E-state index contributed by atoms with van der Waals surface area (Å²) in [6.45, 7) is 1.76. The molecule has 64 valence electrons. The highest BCUT2D eigenvalue weighted by Gasteiger charge is 2.07. The van der Waals surface area contributed by atoms with E-state index in [0.717, 1.165) is 0 Å². The second kappa shape index (κ2) is 3.44. The van der Waals surface area contributed by atoms with Crippen LogP contribution in [0.4, 0.5) is 0 Å². The fourth-order valence-corrected chi connectivity index (χ4v) is 1.02. The molecule has 1 rings (SSSR count). The van der Waals surface area contributed by atoms with Gasteiger partial charge in [-0.1, -0.05) is 12.2 Å². The first kappa shape index (κ1) is 8.86. The van der Waals surface area contributed by atoms with Gasteiger partial charge in [0.05, 0.1) is 7.11 Å². The van der Waals surface area contributed by atoms with Crippen molar-refractivity contribution in [2.75, 3.05) is 7.11 Å². The standard InChI is InChI=1S/C7H8N2O2S/c1-4-8-3-5(6(12)9-4)7(10)11-2/h3H,1-2H3,(H,8,9,12). The number of aromatic nitrogens is 2. The van der Waals surface area contributed by atoms with E-state index >= 15 is 0 Å².